The minimum Gasteiger partial charge on any atom is -0.369 e. The van der Waals surface area contributed by atoms with Crippen LogP contribution in [0.5, 0.6) is 0 Å². The van der Waals surface area contributed by atoms with Gasteiger partial charge < -0.3 is 14.2 Å². The number of hydrogen-bond acceptors (Lipinski definition) is 8. The topological polar surface area (TPSA) is 97.5 Å². The number of amides is 1. The van der Waals surface area contributed by atoms with Crippen LogP contribution in [0.3, 0.4) is 0 Å². The van der Waals surface area contributed by atoms with Crippen molar-refractivity contribution >= 4 is 5.91 Å². The highest BCUT2D eigenvalue weighted by Crippen LogP contribution is 2.28. The summed E-state index contributed by atoms with van der Waals surface area (Å²) >= 11 is 0. The lowest BCUT2D eigenvalue weighted by atomic mass is 10.1. The normalized spacial score (nSPS) is 21.0. The summed E-state index contributed by atoms with van der Waals surface area (Å²) < 4.78 is 11.2. The molecule has 2 fully saturated rings. The summed E-state index contributed by atoms with van der Waals surface area (Å²) in [6.07, 6.45) is 7.02. The average molecular weight is 386 g/mol. The van der Waals surface area contributed by atoms with E-state index >= 15 is 0 Å². The molecule has 0 aliphatic carbocycles. The number of piperidine rings is 1. The van der Waals surface area contributed by atoms with E-state index in [-0.39, 0.29) is 12.0 Å². The molecular weight excluding hydrogens is 360 g/mol. The van der Waals surface area contributed by atoms with Crippen LogP contribution in [0.1, 0.15) is 43.9 Å². The molecule has 150 valence electrons. The molecule has 0 saturated carbocycles. The number of morpholine rings is 1. The molecule has 2 saturated heterocycles. The molecule has 0 aromatic carbocycles. The van der Waals surface area contributed by atoms with Gasteiger partial charge in [-0.25, -0.2) is 9.97 Å². The van der Waals surface area contributed by atoms with Crippen molar-refractivity contribution in [2.45, 2.75) is 38.7 Å². The van der Waals surface area contributed by atoms with Crippen molar-refractivity contribution in [3.8, 4) is 11.4 Å². The summed E-state index contributed by atoms with van der Waals surface area (Å²) in [6.45, 7) is 6.01. The van der Waals surface area contributed by atoms with Crippen LogP contribution in [0.15, 0.2) is 17.0 Å². The smallest absolute Gasteiger partial charge is 0.236 e. The number of likely N-dealkylation sites (tertiary alicyclic amines) is 1. The second-order valence-corrected chi connectivity index (χ2v) is 7.22. The summed E-state index contributed by atoms with van der Waals surface area (Å²) in [5.74, 6) is 1.25. The van der Waals surface area contributed by atoms with Crippen LogP contribution in [0.25, 0.3) is 11.4 Å². The lowest BCUT2D eigenvalue weighted by Gasteiger charge is -2.34. The Labute approximate surface area is 164 Å². The maximum absolute atomic E-state index is 12.6. The number of aromatic nitrogens is 4. The van der Waals surface area contributed by atoms with Crippen LogP contribution >= 0.6 is 0 Å². The highest BCUT2D eigenvalue weighted by molar-refractivity contribution is 5.78. The van der Waals surface area contributed by atoms with Crippen LogP contribution in [0.2, 0.25) is 0 Å². The zero-order valence-corrected chi connectivity index (χ0v) is 16.2. The third-order valence-corrected chi connectivity index (χ3v) is 5.28. The third-order valence-electron chi connectivity index (χ3n) is 5.28. The number of ether oxygens (including phenoxy) is 1. The number of aryl methyl sites for hydroxylation is 1. The standard InChI is InChI=1S/C19H26N6O3/c1-2-16-22-19(23-28-16)14-10-20-13-21-18(14)15-11-24(8-9-27-15)12-17(26)25-6-4-3-5-7-25/h10,13,15H,2-9,11-12H2,1H3. The van der Waals surface area contributed by atoms with Crippen LogP contribution < -0.4 is 0 Å². The number of carbonyl (C=O) groups excluding carboxylic acids is 1. The first-order chi connectivity index (χ1) is 13.7. The summed E-state index contributed by atoms with van der Waals surface area (Å²) in [5.41, 5.74) is 1.44. The van der Waals surface area contributed by atoms with Gasteiger partial charge in [0.15, 0.2) is 0 Å². The zero-order valence-electron chi connectivity index (χ0n) is 16.2. The van der Waals surface area contributed by atoms with E-state index < -0.39 is 0 Å². The SMILES string of the molecule is CCc1nc(-c2cncnc2C2CN(CC(=O)N3CCCCC3)CCO2)no1. The van der Waals surface area contributed by atoms with Crippen LogP contribution in [0.4, 0.5) is 0 Å². The Hall–Kier alpha value is -2.39. The number of hydrogen-bond donors (Lipinski definition) is 0. The highest BCUT2D eigenvalue weighted by atomic mass is 16.5. The summed E-state index contributed by atoms with van der Waals surface area (Å²) in [5, 5.41) is 4.05. The Bertz CT molecular complexity index is 804. The van der Waals surface area contributed by atoms with Gasteiger partial charge in [-0.15, -0.1) is 0 Å². The van der Waals surface area contributed by atoms with E-state index in [0.29, 0.717) is 43.4 Å². The summed E-state index contributed by atoms with van der Waals surface area (Å²) in [6, 6.07) is 0. The van der Waals surface area contributed by atoms with Gasteiger partial charge in [0.1, 0.15) is 12.4 Å². The lowest BCUT2D eigenvalue weighted by Crippen LogP contribution is -2.47. The fraction of sp³-hybridized carbons (Fsp3) is 0.632. The summed E-state index contributed by atoms with van der Waals surface area (Å²) in [4.78, 5) is 29.7. The fourth-order valence-corrected chi connectivity index (χ4v) is 3.72. The molecule has 2 aromatic rings. The number of nitrogens with zero attached hydrogens (tertiary/aromatic N) is 6. The molecule has 0 N–H and O–H groups in total. The fourth-order valence-electron chi connectivity index (χ4n) is 3.72. The van der Waals surface area contributed by atoms with Gasteiger partial charge >= 0.3 is 0 Å². The first kappa shape index (κ1) is 18.9. The minimum absolute atomic E-state index is 0.203. The second-order valence-electron chi connectivity index (χ2n) is 7.22. The lowest BCUT2D eigenvalue weighted by molar-refractivity contribution is -0.135. The molecule has 1 unspecified atom stereocenters. The molecule has 1 atom stereocenters. The first-order valence-corrected chi connectivity index (χ1v) is 9.99. The zero-order chi connectivity index (χ0) is 19.3. The van der Waals surface area contributed by atoms with Crippen molar-refractivity contribution in [2.24, 2.45) is 0 Å². The van der Waals surface area contributed by atoms with Crippen molar-refractivity contribution in [1.29, 1.82) is 0 Å². The second kappa shape index (κ2) is 8.74. The molecule has 9 heteroatoms. The van der Waals surface area contributed by atoms with Crippen LogP contribution in [-0.4, -0.2) is 75.1 Å². The van der Waals surface area contributed by atoms with E-state index in [9.17, 15) is 4.79 Å². The van der Waals surface area contributed by atoms with Gasteiger partial charge in [0.2, 0.25) is 17.6 Å². The molecule has 2 aliphatic rings. The quantitative estimate of drug-likeness (QED) is 0.762. The number of rotatable bonds is 5. The summed E-state index contributed by atoms with van der Waals surface area (Å²) in [7, 11) is 0. The molecule has 28 heavy (non-hydrogen) atoms. The Balaban J connectivity index is 1.46. The molecular formula is C19H26N6O3. The maximum Gasteiger partial charge on any atom is 0.236 e. The Kier molecular flexibility index (Phi) is 5.92. The highest BCUT2D eigenvalue weighted by Gasteiger charge is 2.29. The molecule has 2 aromatic heterocycles. The third kappa shape index (κ3) is 4.20. The molecule has 1 amide bonds. The van der Waals surface area contributed by atoms with Crippen molar-refractivity contribution in [2.75, 3.05) is 39.3 Å². The van der Waals surface area contributed by atoms with E-state index in [2.05, 4.69) is 25.0 Å². The van der Waals surface area contributed by atoms with Gasteiger partial charge in [0, 0.05) is 38.8 Å². The maximum atomic E-state index is 12.6. The Morgan fingerprint density at radius 1 is 1.25 bits per heavy atom. The van der Waals surface area contributed by atoms with Gasteiger partial charge in [-0.2, -0.15) is 4.98 Å². The molecule has 0 bridgehead atoms. The van der Waals surface area contributed by atoms with Gasteiger partial charge in [0.25, 0.3) is 0 Å². The van der Waals surface area contributed by atoms with E-state index in [1.807, 2.05) is 11.8 Å². The van der Waals surface area contributed by atoms with Gasteiger partial charge in [-0.05, 0) is 19.3 Å². The van der Waals surface area contributed by atoms with Gasteiger partial charge in [-0.1, -0.05) is 12.1 Å². The Morgan fingerprint density at radius 3 is 2.89 bits per heavy atom. The van der Waals surface area contributed by atoms with Crippen molar-refractivity contribution < 1.29 is 14.1 Å². The van der Waals surface area contributed by atoms with Crippen molar-refractivity contribution in [3.63, 3.8) is 0 Å². The monoisotopic (exact) mass is 386 g/mol. The van der Waals surface area contributed by atoms with E-state index in [0.717, 1.165) is 38.2 Å². The predicted molar refractivity (Wildman–Crippen MR) is 100 cm³/mol. The predicted octanol–water partition coefficient (Wildman–Crippen LogP) is 1.47. The average Bonchev–Trinajstić information content (AvgIpc) is 3.24. The molecule has 0 radical (unpaired) electrons. The van der Waals surface area contributed by atoms with Crippen LogP contribution in [0, 0.1) is 0 Å². The van der Waals surface area contributed by atoms with Crippen molar-refractivity contribution in [3.05, 3.63) is 24.1 Å². The Morgan fingerprint density at radius 2 is 2.11 bits per heavy atom. The molecule has 0 spiro atoms. The van der Waals surface area contributed by atoms with Crippen molar-refractivity contribution in [1.82, 2.24) is 29.9 Å². The molecule has 2 aliphatic heterocycles. The molecule has 9 nitrogen and oxygen atoms in total. The first-order valence-electron chi connectivity index (χ1n) is 9.99. The molecule has 4 heterocycles. The van der Waals surface area contributed by atoms with E-state index in [1.165, 1.54) is 12.7 Å². The van der Waals surface area contributed by atoms with E-state index in [1.54, 1.807) is 6.20 Å². The largest absolute Gasteiger partial charge is 0.369 e. The van der Waals surface area contributed by atoms with E-state index in [4.69, 9.17) is 9.26 Å². The number of carbonyl (C=O) groups is 1. The van der Waals surface area contributed by atoms with Crippen LogP contribution in [-0.2, 0) is 16.0 Å². The minimum atomic E-state index is -0.260. The molecule has 4 rings (SSSR count). The van der Waals surface area contributed by atoms with Gasteiger partial charge in [0.05, 0.1) is 24.4 Å². The van der Waals surface area contributed by atoms with Gasteiger partial charge in [-0.3, -0.25) is 9.69 Å².